The Kier molecular flexibility index (Phi) is 3.25. The molecule has 0 saturated carbocycles. The molecule has 0 unspecified atom stereocenters. The molecule has 0 bridgehead atoms. The second-order valence-electron chi connectivity index (χ2n) is 2.69. The van der Waals surface area contributed by atoms with E-state index in [1.54, 1.807) is 0 Å². The number of alkyl halides is 2. The Bertz CT molecular complexity index is 489. The number of hydrogen-bond donors (Lipinski definition) is 0. The molecule has 15 heavy (non-hydrogen) atoms. The molecule has 0 aliphatic carbocycles. The van der Waals surface area contributed by atoms with Crippen molar-refractivity contribution in [3.63, 3.8) is 0 Å². The highest BCUT2D eigenvalue weighted by Crippen LogP contribution is 2.25. The van der Waals surface area contributed by atoms with E-state index in [1.807, 2.05) is 0 Å². The van der Waals surface area contributed by atoms with Crippen molar-refractivity contribution < 1.29 is 21.6 Å². The number of nitrogens with zero attached hydrogens (tertiary/aromatic N) is 1. The Labute approximate surface area is 88.3 Å². The highest BCUT2D eigenvalue weighted by molar-refractivity contribution is 8.13. The largest absolute Gasteiger partial charge is 0.280 e. The van der Waals surface area contributed by atoms with Crippen LogP contribution in [-0.4, -0.2) is 13.4 Å². The number of halogens is 4. The van der Waals surface area contributed by atoms with Gasteiger partial charge in [-0.1, -0.05) is 0 Å². The zero-order valence-corrected chi connectivity index (χ0v) is 8.91. The number of aromatic nitrogens is 1. The summed E-state index contributed by atoms with van der Waals surface area (Å²) < 4.78 is 59.2. The highest BCUT2D eigenvalue weighted by Gasteiger charge is 2.21. The van der Waals surface area contributed by atoms with Crippen molar-refractivity contribution in [1.82, 2.24) is 4.98 Å². The molecule has 0 amide bonds. The van der Waals surface area contributed by atoms with Crippen molar-refractivity contribution in [3.8, 4) is 0 Å². The normalized spacial score (nSPS) is 12.1. The van der Waals surface area contributed by atoms with Gasteiger partial charge in [0.15, 0.2) is 5.03 Å². The Balaban J connectivity index is 3.50. The molecule has 1 heterocycles. The fourth-order valence-corrected chi connectivity index (χ4v) is 1.60. The lowest BCUT2D eigenvalue weighted by Gasteiger charge is -2.06. The third kappa shape index (κ3) is 2.60. The first-order chi connectivity index (χ1) is 6.73. The Morgan fingerprint density at radius 2 is 2.00 bits per heavy atom. The van der Waals surface area contributed by atoms with Gasteiger partial charge in [0, 0.05) is 22.3 Å². The second-order valence-corrected chi connectivity index (χ2v) is 5.20. The Hall–Kier alpha value is -0.820. The molecule has 0 aromatic carbocycles. The van der Waals surface area contributed by atoms with E-state index < -0.39 is 37.6 Å². The smallest absolute Gasteiger partial charge is 0.234 e. The van der Waals surface area contributed by atoms with Crippen LogP contribution in [0.2, 0.25) is 0 Å². The molecule has 0 atom stereocenters. The molecular weight excluding hydrogens is 255 g/mol. The van der Waals surface area contributed by atoms with E-state index in [1.165, 1.54) is 0 Å². The number of hydrogen-bond acceptors (Lipinski definition) is 3. The van der Waals surface area contributed by atoms with Gasteiger partial charge >= 0.3 is 0 Å². The van der Waals surface area contributed by atoms with Gasteiger partial charge in [-0.25, -0.2) is 26.6 Å². The molecular formula is C7H5ClF3NO2S. The van der Waals surface area contributed by atoms with Crippen molar-refractivity contribution in [1.29, 1.82) is 0 Å². The van der Waals surface area contributed by atoms with Crippen LogP contribution in [0.15, 0.2) is 11.1 Å². The minimum Gasteiger partial charge on any atom is -0.234 e. The lowest BCUT2D eigenvalue weighted by molar-refractivity contribution is 0.143. The summed E-state index contributed by atoms with van der Waals surface area (Å²) in [7, 11) is 0.547. The predicted molar refractivity (Wildman–Crippen MR) is 46.9 cm³/mol. The minimum atomic E-state index is -4.31. The third-order valence-electron chi connectivity index (χ3n) is 1.68. The zero-order valence-electron chi connectivity index (χ0n) is 7.34. The molecule has 0 aliphatic heterocycles. The van der Waals surface area contributed by atoms with E-state index in [-0.39, 0.29) is 0 Å². The van der Waals surface area contributed by atoms with Crippen LogP contribution < -0.4 is 0 Å². The first-order valence-electron chi connectivity index (χ1n) is 3.63. The quantitative estimate of drug-likeness (QED) is 0.766. The molecule has 0 spiro atoms. The van der Waals surface area contributed by atoms with Crippen molar-refractivity contribution >= 4 is 19.7 Å². The van der Waals surface area contributed by atoms with Crippen LogP contribution in [0.4, 0.5) is 13.2 Å². The van der Waals surface area contributed by atoms with Crippen LogP contribution >= 0.6 is 10.7 Å². The van der Waals surface area contributed by atoms with Gasteiger partial charge in [-0.05, 0) is 6.92 Å². The molecule has 8 heteroatoms. The number of pyridine rings is 1. The van der Waals surface area contributed by atoms with Crippen LogP contribution in [0.25, 0.3) is 0 Å². The topological polar surface area (TPSA) is 47.0 Å². The van der Waals surface area contributed by atoms with Gasteiger partial charge in [-0.2, -0.15) is 0 Å². The molecule has 0 radical (unpaired) electrons. The molecule has 0 N–H and O–H groups in total. The van der Waals surface area contributed by atoms with Crippen LogP contribution in [0.3, 0.4) is 0 Å². The molecule has 3 nitrogen and oxygen atoms in total. The standard InChI is InChI=1S/C7H5ClF3NO2S/c1-3-4(9)2-5(15(8,13)14)12-6(3)7(10)11/h2,7H,1H3. The van der Waals surface area contributed by atoms with Gasteiger partial charge in [0.25, 0.3) is 15.5 Å². The van der Waals surface area contributed by atoms with E-state index in [2.05, 4.69) is 4.98 Å². The van der Waals surface area contributed by atoms with E-state index in [9.17, 15) is 21.6 Å². The van der Waals surface area contributed by atoms with Gasteiger partial charge in [-0.3, -0.25) is 0 Å². The van der Waals surface area contributed by atoms with Crippen LogP contribution in [0, 0.1) is 12.7 Å². The lowest BCUT2D eigenvalue weighted by Crippen LogP contribution is -2.04. The third-order valence-corrected chi connectivity index (χ3v) is 2.86. The first-order valence-corrected chi connectivity index (χ1v) is 5.94. The maximum atomic E-state index is 13.0. The van der Waals surface area contributed by atoms with Gasteiger partial charge in [0.2, 0.25) is 0 Å². The fraction of sp³-hybridized carbons (Fsp3) is 0.286. The predicted octanol–water partition coefficient (Wildman–Crippen LogP) is 2.39. The van der Waals surface area contributed by atoms with E-state index in [0.717, 1.165) is 6.92 Å². The van der Waals surface area contributed by atoms with Gasteiger partial charge in [-0.15, -0.1) is 0 Å². The van der Waals surface area contributed by atoms with Crippen molar-refractivity contribution in [2.75, 3.05) is 0 Å². The molecule has 0 fully saturated rings. The SMILES string of the molecule is Cc1c(F)cc(S(=O)(=O)Cl)nc1C(F)F. The molecule has 84 valence electrons. The first kappa shape index (κ1) is 12.3. The highest BCUT2D eigenvalue weighted by atomic mass is 35.7. The second kappa shape index (κ2) is 3.97. The summed E-state index contributed by atoms with van der Waals surface area (Å²) in [6.07, 6.45) is -3.06. The summed E-state index contributed by atoms with van der Waals surface area (Å²) in [6, 6.07) is 0.504. The van der Waals surface area contributed by atoms with E-state index in [0.29, 0.717) is 6.07 Å². The van der Waals surface area contributed by atoms with Crippen molar-refractivity contribution in [3.05, 3.63) is 23.1 Å². The summed E-state index contributed by atoms with van der Waals surface area (Å²) in [4.78, 5) is 3.09. The van der Waals surface area contributed by atoms with Gasteiger partial charge in [0.05, 0.1) is 0 Å². The number of rotatable bonds is 2. The average Bonchev–Trinajstić information content (AvgIpc) is 2.06. The van der Waals surface area contributed by atoms with Crippen molar-refractivity contribution in [2.45, 2.75) is 18.4 Å². The van der Waals surface area contributed by atoms with E-state index >= 15 is 0 Å². The van der Waals surface area contributed by atoms with Crippen molar-refractivity contribution in [2.24, 2.45) is 0 Å². The van der Waals surface area contributed by atoms with Crippen LogP contribution in [0.1, 0.15) is 17.7 Å². The average molecular weight is 260 g/mol. The van der Waals surface area contributed by atoms with Gasteiger partial charge < -0.3 is 0 Å². The molecule has 0 saturated heterocycles. The summed E-state index contributed by atoms with van der Waals surface area (Å²) in [6.45, 7) is 1.08. The molecule has 1 rings (SSSR count). The molecule has 1 aromatic heterocycles. The lowest BCUT2D eigenvalue weighted by atomic mass is 10.2. The van der Waals surface area contributed by atoms with Crippen LogP contribution in [-0.2, 0) is 9.05 Å². The zero-order chi connectivity index (χ0) is 11.8. The Morgan fingerprint density at radius 3 is 2.40 bits per heavy atom. The summed E-state index contributed by atoms with van der Waals surface area (Å²) >= 11 is 0. The maximum Gasteiger partial charge on any atom is 0.280 e. The minimum absolute atomic E-state index is 0.394. The van der Waals surface area contributed by atoms with Crippen LogP contribution in [0.5, 0.6) is 0 Å². The summed E-state index contributed by atoms with van der Waals surface area (Å²) in [5.74, 6) is -1.08. The van der Waals surface area contributed by atoms with E-state index in [4.69, 9.17) is 10.7 Å². The maximum absolute atomic E-state index is 13.0. The molecule has 0 aliphatic rings. The van der Waals surface area contributed by atoms with Gasteiger partial charge in [0.1, 0.15) is 11.5 Å². The summed E-state index contributed by atoms with van der Waals surface area (Å²) in [5.41, 5.74) is -1.32. The monoisotopic (exact) mass is 259 g/mol. The Morgan fingerprint density at radius 1 is 1.47 bits per heavy atom. The summed E-state index contributed by atoms with van der Waals surface area (Å²) in [5, 5.41) is -0.914. The fourth-order valence-electron chi connectivity index (χ4n) is 0.911. The molecule has 1 aromatic rings.